The van der Waals surface area contributed by atoms with Gasteiger partial charge in [0, 0.05) is 0 Å². The highest BCUT2D eigenvalue weighted by Gasteiger charge is 1.99. The first kappa shape index (κ1) is 16.9. The topological polar surface area (TPSA) is 107 Å². The van der Waals surface area contributed by atoms with Crippen LogP contribution < -0.4 is 5.32 Å². The summed E-state index contributed by atoms with van der Waals surface area (Å²) in [5.41, 5.74) is 3.11. The van der Waals surface area contributed by atoms with Crippen molar-refractivity contribution in [3.05, 3.63) is 28.8 Å². The molecular weight excluding hydrogens is 250 g/mol. The molecule has 0 aliphatic rings. The zero-order valence-corrected chi connectivity index (χ0v) is 11.2. The quantitative estimate of drug-likeness (QED) is 0.651. The Hall–Kier alpha value is -2.08. The van der Waals surface area contributed by atoms with Gasteiger partial charge in [-0.3, -0.25) is 14.9 Å². The van der Waals surface area contributed by atoms with Crippen molar-refractivity contribution in [1.29, 1.82) is 0 Å². The number of hydrogen-bond acceptors (Lipinski definition) is 4. The van der Waals surface area contributed by atoms with Gasteiger partial charge in [0.05, 0.1) is 13.1 Å². The van der Waals surface area contributed by atoms with E-state index in [1.807, 2.05) is 32.9 Å². The largest absolute Gasteiger partial charge is 0.507 e. The van der Waals surface area contributed by atoms with Gasteiger partial charge in [0.2, 0.25) is 0 Å². The van der Waals surface area contributed by atoms with Gasteiger partial charge in [-0.15, -0.1) is 0 Å². The number of carboxylic acid groups (broad SMARTS) is 2. The molecule has 0 spiro atoms. The molecule has 0 saturated carbocycles. The minimum absolute atomic E-state index is 0.313. The molecule has 1 rings (SSSR count). The number of aromatic hydroxyl groups is 1. The lowest BCUT2D eigenvalue weighted by Crippen LogP contribution is -2.27. The van der Waals surface area contributed by atoms with Gasteiger partial charge >= 0.3 is 11.9 Å². The number of hydrogen-bond donors (Lipinski definition) is 4. The third kappa shape index (κ3) is 7.77. The number of benzene rings is 1. The smallest absolute Gasteiger partial charge is 0.317 e. The molecule has 0 bridgehead atoms. The first-order valence-corrected chi connectivity index (χ1v) is 5.65. The molecule has 0 atom stereocenters. The summed E-state index contributed by atoms with van der Waals surface area (Å²) in [5.74, 6) is -1.70. The van der Waals surface area contributed by atoms with Crippen molar-refractivity contribution < 1.29 is 24.9 Å². The predicted octanol–water partition coefficient (Wildman–Crippen LogP) is 1.06. The van der Waals surface area contributed by atoms with Gasteiger partial charge in [-0.05, 0) is 31.9 Å². The van der Waals surface area contributed by atoms with Gasteiger partial charge in [-0.25, -0.2) is 0 Å². The van der Waals surface area contributed by atoms with Gasteiger partial charge < -0.3 is 15.3 Å². The van der Waals surface area contributed by atoms with E-state index in [4.69, 9.17) is 10.2 Å². The van der Waals surface area contributed by atoms with Crippen LogP contribution in [0, 0.1) is 20.8 Å². The summed E-state index contributed by atoms with van der Waals surface area (Å²) in [6, 6.07) is 3.95. The molecule has 0 amide bonds. The number of rotatable bonds is 4. The van der Waals surface area contributed by atoms with Crippen LogP contribution in [0.2, 0.25) is 0 Å². The molecule has 0 aromatic heterocycles. The second-order valence-electron chi connectivity index (χ2n) is 4.14. The monoisotopic (exact) mass is 269 g/mol. The Bertz CT molecular complexity index is 419. The van der Waals surface area contributed by atoms with E-state index < -0.39 is 11.9 Å². The summed E-state index contributed by atoms with van der Waals surface area (Å²) in [4.78, 5) is 19.5. The van der Waals surface area contributed by atoms with Crippen LogP contribution in [0.3, 0.4) is 0 Å². The zero-order chi connectivity index (χ0) is 15.0. The Labute approximate surface area is 111 Å². The van der Waals surface area contributed by atoms with Crippen molar-refractivity contribution in [2.24, 2.45) is 0 Å². The Morgan fingerprint density at radius 2 is 1.37 bits per heavy atom. The second kappa shape index (κ2) is 8.10. The van der Waals surface area contributed by atoms with Crippen molar-refractivity contribution in [3.8, 4) is 5.75 Å². The summed E-state index contributed by atoms with van der Waals surface area (Å²) in [6.07, 6.45) is 0. The van der Waals surface area contributed by atoms with Crippen molar-refractivity contribution >= 4 is 11.9 Å². The standard InChI is InChI=1S/C9H12O.C4H7NO4/c1-6-4-7(2)9(10)8(3)5-6;6-3(7)1-5-2-4(8)9/h4-5,10H,1-3H3;5H,1-2H2,(H,6,7)(H,8,9). The molecule has 0 aliphatic carbocycles. The molecule has 0 saturated heterocycles. The number of carbonyl (C=O) groups is 2. The summed E-state index contributed by atoms with van der Waals surface area (Å²) in [5, 5.41) is 27.5. The van der Waals surface area contributed by atoms with Gasteiger partial charge in [0.1, 0.15) is 5.75 Å². The molecule has 106 valence electrons. The predicted molar refractivity (Wildman–Crippen MR) is 70.5 cm³/mol. The van der Waals surface area contributed by atoms with E-state index in [1.54, 1.807) is 0 Å². The van der Waals surface area contributed by atoms with Gasteiger partial charge in [-0.2, -0.15) is 0 Å². The highest BCUT2D eigenvalue weighted by atomic mass is 16.4. The molecule has 0 heterocycles. The fourth-order valence-corrected chi connectivity index (χ4v) is 1.45. The van der Waals surface area contributed by atoms with Crippen LogP contribution in [-0.2, 0) is 9.59 Å². The Morgan fingerprint density at radius 1 is 1.00 bits per heavy atom. The van der Waals surface area contributed by atoms with Crippen LogP contribution in [0.15, 0.2) is 12.1 Å². The SMILES string of the molecule is Cc1cc(C)c(O)c(C)c1.O=C(O)CNCC(=O)O. The maximum absolute atomic E-state index is 9.73. The number of phenolic OH excluding ortho intramolecular Hbond substituents is 1. The maximum atomic E-state index is 9.73. The lowest BCUT2D eigenvalue weighted by molar-refractivity contribution is -0.137. The average Bonchev–Trinajstić information content (AvgIpc) is 2.25. The van der Waals surface area contributed by atoms with E-state index in [2.05, 4.69) is 5.32 Å². The Kier molecular flexibility index (Phi) is 7.21. The van der Waals surface area contributed by atoms with E-state index in [1.165, 1.54) is 5.56 Å². The third-order valence-electron chi connectivity index (χ3n) is 2.19. The highest BCUT2D eigenvalue weighted by molar-refractivity contribution is 5.72. The zero-order valence-electron chi connectivity index (χ0n) is 11.2. The first-order valence-electron chi connectivity index (χ1n) is 5.65. The number of phenols is 1. The number of nitrogens with one attached hydrogen (secondary N) is 1. The van der Waals surface area contributed by atoms with Crippen LogP contribution in [-0.4, -0.2) is 40.3 Å². The highest BCUT2D eigenvalue weighted by Crippen LogP contribution is 2.21. The molecule has 4 N–H and O–H groups in total. The summed E-state index contributed by atoms with van der Waals surface area (Å²) < 4.78 is 0. The minimum atomic E-state index is -1.06. The Balaban J connectivity index is 0.000000344. The Morgan fingerprint density at radius 3 is 1.68 bits per heavy atom. The molecular formula is C13H19NO5. The van der Waals surface area contributed by atoms with Gasteiger partial charge in [0.15, 0.2) is 0 Å². The molecule has 1 aromatic carbocycles. The van der Waals surface area contributed by atoms with E-state index in [9.17, 15) is 14.7 Å². The van der Waals surface area contributed by atoms with Crippen LogP contribution in [0.5, 0.6) is 5.75 Å². The molecule has 0 fully saturated rings. The second-order valence-corrected chi connectivity index (χ2v) is 4.14. The van der Waals surface area contributed by atoms with Crippen LogP contribution in [0.1, 0.15) is 16.7 Å². The normalized spacial score (nSPS) is 9.42. The molecule has 6 heteroatoms. The van der Waals surface area contributed by atoms with Crippen molar-refractivity contribution in [2.75, 3.05) is 13.1 Å². The maximum Gasteiger partial charge on any atom is 0.317 e. The number of carboxylic acids is 2. The van der Waals surface area contributed by atoms with E-state index in [-0.39, 0.29) is 13.1 Å². The molecule has 6 nitrogen and oxygen atoms in total. The van der Waals surface area contributed by atoms with Crippen LogP contribution in [0.4, 0.5) is 0 Å². The molecule has 1 aromatic rings. The fraction of sp³-hybridized carbons (Fsp3) is 0.385. The van der Waals surface area contributed by atoms with Crippen LogP contribution in [0.25, 0.3) is 0 Å². The molecule has 0 unspecified atom stereocenters. The number of aryl methyl sites for hydroxylation is 3. The molecule has 0 radical (unpaired) electrons. The van der Waals surface area contributed by atoms with Crippen molar-refractivity contribution in [3.63, 3.8) is 0 Å². The lowest BCUT2D eigenvalue weighted by Gasteiger charge is -2.03. The lowest BCUT2D eigenvalue weighted by atomic mass is 10.1. The summed E-state index contributed by atoms with van der Waals surface area (Å²) in [7, 11) is 0. The van der Waals surface area contributed by atoms with E-state index in [0.29, 0.717) is 5.75 Å². The van der Waals surface area contributed by atoms with E-state index >= 15 is 0 Å². The summed E-state index contributed by atoms with van der Waals surface area (Å²) >= 11 is 0. The van der Waals surface area contributed by atoms with Crippen LogP contribution >= 0.6 is 0 Å². The summed E-state index contributed by atoms with van der Waals surface area (Å²) in [6.45, 7) is 5.22. The fourth-order valence-electron chi connectivity index (χ4n) is 1.45. The molecule has 19 heavy (non-hydrogen) atoms. The van der Waals surface area contributed by atoms with E-state index in [0.717, 1.165) is 11.1 Å². The molecule has 0 aliphatic heterocycles. The number of aliphatic carboxylic acids is 2. The van der Waals surface area contributed by atoms with Gasteiger partial charge in [-0.1, -0.05) is 17.7 Å². The first-order chi connectivity index (χ1) is 8.73. The van der Waals surface area contributed by atoms with Crippen molar-refractivity contribution in [2.45, 2.75) is 20.8 Å². The third-order valence-corrected chi connectivity index (χ3v) is 2.19. The van der Waals surface area contributed by atoms with Crippen molar-refractivity contribution in [1.82, 2.24) is 5.32 Å². The van der Waals surface area contributed by atoms with Gasteiger partial charge in [0.25, 0.3) is 0 Å². The minimum Gasteiger partial charge on any atom is -0.507 e. The average molecular weight is 269 g/mol.